The summed E-state index contributed by atoms with van der Waals surface area (Å²) in [5.41, 5.74) is 7.09. The van der Waals surface area contributed by atoms with E-state index in [1.165, 1.54) is 0 Å². The number of carbonyl (C=O) groups is 1. The lowest BCUT2D eigenvalue weighted by Gasteiger charge is -2.31. The van der Waals surface area contributed by atoms with Crippen LogP contribution in [0.25, 0.3) is 11.4 Å². The number of hydrogen-bond donors (Lipinski definition) is 3. The van der Waals surface area contributed by atoms with E-state index in [-0.39, 0.29) is 30.1 Å². The highest BCUT2D eigenvalue weighted by Gasteiger charge is 2.31. The number of carbonyl (C=O) groups excluding carboxylic acids is 1. The number of nitrogens with one attached hydrogen (secondary N) is 3. The maximum Gasteiger partial charge on any atom is 0.276 e. The van der Waals surface area contributed by atoms with Crippen molar-refractivity contribution in [1.29, 1.82) is 0 Å². The summed E-state index contributed by atoms with van der Waals surface area (Å²) in [7, 11) is 0.435. The molecule has 0 saturated carbocycles. The summed E-state index contributed by atoms with van der Waals surface area (Å²) < 4.78 is 28.7. The van der Waals surface area contributed by atoms with Crippen molar-refractivity contribution in [2.75, 3.05) is 43.1 Å². The average Bonchev–Trinajstić information content (AvgIpc) is 3.34. The maximum atomic E-state index is 13.6. The number of aryl methyl sites for hydroxylation is 4. The monoisotopic (exact) mass is 630 g/mol. The molecule has 234 valence electrons. The SMILES string of the molecule is CCc1cccc(CC)c1NC(=O)c1nn(C)c2c1CCc1cnc(NC3CCN(S(=O)(=O)CCCNC)CC3)nc1-2.Cl. The standard InChI is InChI=1S/C30H42N8O3S.ClH/c1-5-20-9-7-10-21(6-2)25(20)34-29(39)27-24-12-11-22-19-32-30(35-26(22)28(24)37(4)36-27)33-23-13-16-38(17-14-23)42(40,41)18-8-15-31-3;/h7,9-10,19,23,31H,5-6,8,11-18H2,1-4H3,(H,34,39)(H,32,33,35);1H. The van der Waals surface area contributed by atoms with Crippen molar-refractivity contribution in [3.63, 3.8) is 0 Å². The second-order valence-corrected chi connectivity index (χ2v) is 13.2. The molecule has 1 saturated heterocycles. The number of rotatable bonds is 11. The second-order valence-electron chi connectivity index (χ2n) is 11.1. The molecule has 2 aromatic heterocycles. The molecule has 1 amide bonds. The van der Waals surface area contributed by atoms with E-state index in [9.17, 15) is 13.2 Å². The minimum absolute atomic E-state index is 0. The van der Waals surface area contributed by atoms with Gasteiger partial charge in [-0.15, -0.1) is 12.4 Å². The minimum Gasteiger partial charge on any atom is -0.351 e. The number of fused-ring (bicyclic) bond motifs is 3. The number of anilines is 2. The van der Waals surface area contributed by atoms with Gasteiger partial charge in [0.1, 0.15) is 0 Å². The van der Waals surface area contributed by atoms with E-state index < -0.39 is 10.0 Å². The lowest BCUT2D eigenvalue weighted by molar-refractivity contribution is 0.102. The Morgan fingerprint density at radius 3 is 2.44 bits per heavy atom. The number of piperidine rings is 1. The fourth-order valence-corrected chi connectivity index (χ4v) is 7.54. The Morgan fingerprint density at radius 1 is 1.09 bits per heavy atom. The molecule has 2 aliphatic rings. The fraction of sp³-hybridized carbons (Fsp3) is 0.533. The first kappa shape index (κ1) is 32.8. The van der Waals surface area contributed by atoms with Crippen molar-refractivity contribution in [1.82, 2.24) is 29.4 Å². The van der Waals surface area contributed by atoms with E-state index in [2.05, 4.69) is 52.0 Å². The number of sulfonamides is 1. The molecule has 1 aromatic carbocycles. The normalized spacial score (nSPS) is 15.3. The lowest BCUT2D eigenvalue weighted by atomic mass is 9.93. The van der Waals surface area contributed by atoms with Gasteiger partial charge in [0, 0.05) is 43.6 Å². The highest BCUT2D eigenvalue weighted by atomic mass is 35.5. The lowest BCUT2D eigenvalue weighted by Crippen LogP contribution is -2.43. The summed E-state index contributed by atoms with van der Waals surface area (Å²) in [4.78, 5) is 23.0. The third-order valence-electron chi connectivity index (χ3n) is 8.34. The van der Waals surface area contributed by atoms with Gasteiger partial charge >= 0.3 is 0 Å². The van der Waals surface area contributed by atoms with Gasteiger partial charge in [-0.2, -0.15) is 5.10 Å². The predicted octanol–water partition coefficient (Wildman–Crippen LogP) is 3.59. The Morgan fingerprint density at radius 2 is 1.79 bits per heavy atom. The Labute approximate surface area is 260 Å². The van der Waals surface area contributed by atoms with E-state index >= 15 is 0 Å². The molecule has 0 spiro atoms. The van der Waals surface area contributed by atoms with Gasteiger partial charge in [0.15, 0.2) is 5.69 Å². The van der Waals surface area contributed by atoms with Crippen molar-refractivity contribution in [3.05, 3.63) is 52.3 Å². The van der Waals surface area contributed by atoms with E-state index in [1.54, 1.807) is 8.99 Å². The van der Waals surface area contributed by atoms with Gasteiger partial charge in [0.2, 0.25) is 16.0 Å². The summed E-state index contributed by atoms with van der Waals surface area (Å²) in [5.74, 6) is 0.470. The van der Waals surface area contributed by atoms with Crippen LogP contribution < -0.4 is 16.0 Å². The largest absolute Gasteiger partial charge is 0.351 e. The molecule has 5 rings (SSSR count). The summed E-state index contributed by atoms with van der Waals surface area (Å²) in [6, 6.07) is 6.22. The number of amides is 1. The molecule has 3 heterocycles. The molecule has 3 aromatic rings. The number of benzene rings is 1. The van der Waals surface area contributed by atoms with Crippen molar-refractivity contribution >= 4 is 40.0 Å². The zero-order valence-corrected chi connectivity index (χ0v) is 27.1. The number of nitrogens with zero attached hydrogens (tertiary/aromatic N) is 5. The summed E-state index contributed by atoms with van der Waals surface area (Å²) in [5, 5.41) is 14.3. The van der Waals surface area contributed by atoms with Crippen LogP contribution in [0.1, 0.15) is 65.9 Å². The van der Waals surface area contributed by atoms with Crippen LogP contribution in [0, 0.1) is 0 Å². The molecule has 3 N–H and O–H groups in total. The molecule has 1 aliphatic carbocycles. The number of halogens is 1. The zero-order chi connectivity index (χ0) is 29.9. The van der Waals surface area contributed by atoms with Gasteiger partial charge in [-0.25, -0.2) is 22.7 Å². The second kappa shape index (κ2) is 14.1. The number of aromatic nitrogens is 4. The third-order valence-corrected chi connectivity index (χ3v) is 10.3. The number of hydrogen-bond acceptors (Lipinski definition) is 8. The fourth-order valence-electron chi connectivity index (χ4n) is 6.00. The van der Waals surface area contributed by atoms with Crippen LogP contribution in [0.15, 0.2) is 24.4 Å². The van der Waals surface area contributed by atoms with Gasteiger partial charge in [-0.3, -0.25) is 9.48 Å². The molecule has 13 heteroatoms. The summed E-state index contributed by atoms with van der Waals surface area (Å²) >= 11 is 0. The molecule has 0 atom stereocenters. The van der Waals surface area contributed by atoms with Crippen molar-refractivity contribution in [2.24, 2.45) is 7.05 Å². The van der Waals surface area contributed by atoms with Crippen molar-refractivity contribution < 1.29 is 13.2 Å². The first-order valence-corrected chi connectivity index (χ1v) is 16.6. The van der Waals surface area contributed by atoms with E-state index in [1.807, 2.05) is 26.4 Å². The Hall–Kier alpha value is -3.06. The van der Waals surface area contributed by atoms with Crippen LogP contribution in [0.4, 0.5) is 11.6 Å². The summed E-state index contributed by atoms with van der Waals surface area (Å²) in [6.45, 7) is 5.83. The molecule has 0 radical (unpaired) electrons. The Bertz CT molecular complexity index is 1530. The van der Waals surface area contributed by atoms with Crippen LogP contribution in [0.5, 0.6) is 0 Å². The van der Waals surface area contributed by atoms with Crippen LogP contribution in [-0.4, -0.2) is 76.9 Å². The van der Waals surface area contributed by atoms with Crippen LogP contribution in [-0.2, 0) is 42.8 Å². The predicted molar refractivity (Wildman–Crippen MR) is 173 cm³/mol. The van der Waals surface area contributed by atoms with Gasteiger partial charge in [-0.05, 0) is 75.2 Å². The average molecular weight is 631 g/mol. The molecular formula is C30H43ClN8O3S. The molecule has 1 aliphatic heterocycles. The Kier molecular flexibility index (Phi) is 10.8. The topological polar surface area (TPSA) is 134 Å². The quantitative estimate of drug-likeness (QED) is 0.274. The first-order chi connectivity index (χ1) is 20.2. The molecule has 0 unspecified atom stereocenters. The van der Waals surface area contributed by atoms with E-state index in [4.69, 9.17) is 4.98 Å². The van der Waals surface area contributed by atoms with Gasteiger partial charge in [0.25, 0.3) is 5.91 Å². The molecule has 0 bridgehead atoms. The molecule has 43 heavy (non-hydrogen) atoms. The van der Waals surface area contributed by atoms with E-state index in [0.717, 1.165) is 58.6 Å². The summed E-state index contributed by atoms with van der Waals surface area (Å²) in [6.07, 6.45) is 6.90. The minimum atomic E-state index is -3.24. The molecule has 11 nitrogen and oxygen atoms in total. The molecular weight excluding hydrogens is 588 g/mol. The molecule has 1 fully saturated rings. The van der Waals surface area contributed by atoms with Gasteiger partial charge < -0.3 is 16.0 Å². The first-order valence-electron chi connectivity index (χ1n) is 15.0. The van der Waals surface area contributed by atoms with Crippen LogP contribution in [0.3, 0.4) is 0 Å². The van der Waals surface area contributed by atoms with Gasteiger partial charge in [0.05, 0.1) is 17.1 Å². The van der Waals surface area contributed by atoms with Crippen LogP contribution >= 0.6 is 12.4 Å². The smallest absolute Gasteiger partial charge is 0.276 e. The highest BCUT2D eigenvalue weighted by Crippen LogP contribution is 2.35. The maximum absolute atomic E-state index is 13.6. The van der Waals surface area contributed by atoms with Crippen LogP contribution in [0.2, 0.25) is 0 Å². The third kappa shape index (κ3) is 7.03. The zero-order valence-electron chi connectivity index (χ0n) is 25.4. The van der Waals surface area contributed by atoms with Crippen molar-refractivity contribution in [2.45, 2.75) is 64.8 Å². The van der Waals surface area contributed by atoms with E-state index in [0.29, 0.717) is 57.0 Å². The Balaban J connectivity index is 0.00000423. The number of para-hydroxylation sites is 1. The highest BCUT2D eigenvalue weighted by molar-refractivity contribution is 7.89. The van der Waals surface area contributed by atoms with Crippen molar-refractivity contribution in [3.8, 4) is 11.4 Å². The van der Waals surface area contributed by atoms with Gasteiger partial charge in [-0.1, -0.05) is 32.0 Å².